The lowest BCUT2D eigenvalue weighted by molar-refractivity contribution is -0.137. The standard InChI is InChI=1S/C26H35F3N6O2S/c1-19-17-24(30-18-23(19)35(36)37)31-21-8-11-34(12-9-21)25(38)3-2-10-32-13-15-33(16-14-32)22-6-4-20(5-7-22)26(27,28)29/h4-7,17-18,21,36-37H,2-3,8-16H2,1H3,(H,30,31). The van der Waals surface area contributed by atoms with Crippen LogP contribution in [0.4, 0.5) is 30.4 Å². The van der Waals surface area contributed by atoms with Gasteiger partial charge in [0, 0.05) is 51.0 Å². The number of rotatable bonds is 8. The molecule has 0 saturated carbocycles. The van der Waals surface area contributed by atoms with Gasteiger partial charge in [0.25, 0.3) is 0 Å². The first-order valence-corrected chi connectivity index (χ1v) is 13.3. The van der Waals surface area contributed by atoms with E-state index >= 15 is 0 Å². The SMILES string of the molecule is Cc1cc(NC2CCN(C(=S)CCCN3CCN(c4ccc(C(F)(F)F)cc4)CC3)CC2)ncc1N(O)O. The fourth-order valence-corrected chi connectivity index (χ4v) is 5.35. The molecule has 0 amide bonds. The Morgan fingerprint density at radius 2 is 1.74 bits per heavy atom. The van der Waals surface area contributed by atoms with E-state index in [1.54, 1.807) is 25.1 Å². The lowest BCUT2D eigenvalue weighted by atomic mass is 10.0. The van der Waals surface area contributed by atoms with Gasteiger partial charge >= 0.3 is 6.18 Å². The van der Waals surface area contributed by atoms with Gasteiger partial charge in [0.05, 0.1) is 16.7 Å². The number of benzene rings is 1. The van der Waals surface area contributed by atoms with Crippen LogP contribution in [0.25, 0.3) is 0 Å². The molecule has 0 radical (unpaired) electrons. The lowest BCUT2D eigenvalue weighted by Gasteiger charge is -2.37. The van der Waals surface area contributed by atoms with Crippen LogP contribution in [0.2, 0.25) is 0 Å². The van der Waals surface area contributed by atoms with Crippen LogP contribution in [0.1, 0.15) is 36.8 Å². The topological polar surface area (TPSA) is 78.3 Å². The Labute approximate surface area is 226 Å². The number of halogens is 3. The normalized spacial score (nSPS) is 17.5. The third-order valence-corrected chi connectivity index (χ3v) is 7.76. The molecule has 0 unspecified atom stereocenters. The van der Waals surface area contributed by atoms with Crippen molar-refractivity contribution in [1.29, 1.82) is 0 Å². The molecule has 2 aromatic rings. The number of aromatic nitrogens is 1. The first-order valence-electron chi connectivity index (χ1n) is 12.9. The van der Waals surface area contributed by atoms with Crippen molar-refractivity contribution in [3.8, 4) is 0 Å². The van der Waals surface area contributed by atoms with Gasteiger partial charge in [-0.25, -0.2) is 4.98 Å². The van der Waals surface area contributed by atoms with E-state index in [1.807, 2.05) is 0 Å². The Kier molecular flexibility index (Phi) is 9.29. The Morgan fingerprint density at radius 3 is 2.32 bits per heavy atom. The third kappa shape index (κ3) is 7.46. The quantitative estimate of drug-likeness (QED) is 0.316. The predicted octanol–water partition coefficient (Wildman–Crippen LogP) is 4.80. The van der Waals surface area contributed by atoms with Crippen molar-refractivity contribution >= 4 is 34.4 Å². The van der Waals surface area contributed by atoms with Gasteiger partial charge in [-0.2, -0.15) is 13.2 Å². The van der Waals surface area contributed by atoms with Gasteiger partial charge in [-0.15, -0.1) is 5.23 Å². The number of nitrogens with zero attached hydrogens (tertiary/aromatic N) is 5. The first kappa shape index (κ1) is 28.3. The van der Waals surface area contributed by atoms with Crippen LogP contribution < -0.4 is 15.4 Å². The van der Waals surface area contributed by atoms with E-state index in [0.717, 1.165) is 94.3 Å². The highest BCUT2D eigenvalue weighted by atomic mass is 32.1. The molecule has 8 nitrogen and oxygen atoms in total. The molecule has 2 saturated heterocycles. The van der Waals surface area contributed by atoms with Gasteiger partial charge in [0.2, 0.25) is 0 Å². The summed E-state index contributed by atoms with van der Waals surface area (Å²) in [6, 6.07) is 7.51. The maximum Gasteiger partial charge on any atom is 0.416 e. The van der Waals surface area contributed by atoms with E-state index in [-0.39, 0.29) is 17.0 Å². The van der Waals surface area contributed by atoms with E-state index in [9.17, 15) is 23.6 Å². The van der Waals surface area contributed by atoms with E-state index in [2.05, 4.69) is 25.0 Å². The summed E-state index contributed by atoms with van der Waals surface area (Å²) in [5.74, 6) is 0.715. The summed E-state index contributed by atoms with van der Waals surface area (Å²) >= 11 is 5.72. The number of aryl methyl sites for hydroxylation is 1. The van der Waals surface area contributed by atoms with Crippen LogP contribution in [0.15, 0.2) is 36.5 Å². The van der Waals surface area contributed by atoms with Crippen molar-refractivity contribution in [2.75, 3.05) is 61.3 Å². The number of pyridine rings is 1. The molecule has 3 N–H and O–H groups in total. The number of likely N-dealkylation sites (tertiary alicyclic amines) is 1. The molecule has 0 atom stereocenters. The highest BCUT2D eigenvalue weighted by molar-refractivity contribution is 7.80. The largest absolute Gasteiger partial charge is 0.416 e. The van der Waals surface area contributed by atoms with E-state index < -0.39 is 11.7 Å². The zero-order valence-corrected chi connectivity index (χ0v) is 22.3. The molecule has 38 heavy (non-hydrogen) atoms. The van der Waals surface area contributed by atoms with Crippen LogP contribution in [-0.4, -0.2) is 82.0 Å². The van der Waals surface area contributed by atoms with Crippen LogP contribution in [-0.2, 0) is 6.18 Å². The van der Waals surface area contributed by atoms with Crippen LogP contribution >= 0.6 is 12.2 Å². The van der Waals surface area contributed by atoms with Crippen molar-refractivity contribution in [1.82, 2.24) is 14.8 Å². The number of hydrogen-bond donors (Lipinski definition) is 3. The Balaban J connectivity index is 1.13. The summed E-state index contributed by atoms with van der Waals surface area (Å²) in [6.45, 7) is 7.89. The summed E-state index contributed by atoms with van der Waals surface area (Å²) in [4.78, 5) is 12.1. The maximum absolute atomic E-state index is 12.8. The minimum absolute atomic E-state index is 0.0782. The Hall–Kier alpha value is -2.67. The zero-order valence-electron chi connectivity index (χ0n) is 21.5. The van der Waals surface area contributed by atoms with E-state index in [1.165, 1.54) is 6.20 Å². The smallest absolute Gasteiger partial charge is 0.369 e. The zero-order chi connectivity index (χ0) is 27.3. The third-order valence-electron chi connectivity index (χ3n) is 7.30. The molecule has 1 aromatic heterocycles. The van der Waals surface area contributed by atoms with E-state index in [0.29, 0.717) is 11.4 Å². The molecule has 0 aliphatic carbocycles. The average Bonchev–Trinajstić information content (AvgIpc) is 2.89. The second-order valence-corrected chi connectivity index (χ2v) is 10.4. The fraction of sp³-hybridized carbons (Fsp3) is 0.538. The molecular weight excluding hydrogens is 517 g/mol. The van der Waals surface area contributed by atoms with Crippen LogP contribution in [0, 0.1) is 6.92 Å². The first-order chi connectivity index (χ1) is 18.1. The second kappa shape index (κ2) is 12.5. The molecule has 4 rings (SSSR count). The van der Waals surface area contributed by atoms with Crippen molar-refractivity contribution in [2.45, 2.75) is 44.8 Å². The number of piperidine rings is 1. The van der Waals surface area contributed by atoms with Gasteiger partial charge in [0.15, 0.2) is 0 Å². The van der Waals surface area contributed by atoms with Crippen molar-refractivity contribution in [3.05, 3.63) is 47.7 Å². The van der Waals surface area contributed by atoms with E-state index in [4.69, 9.17) is 12.2 Å². The van der Waals surface area contributed by atoms with Gasteiger partial charge < -0.3 is 15.1 Å². The number of hydrogen-bond acceptors (Lipinski definition) is 8. The Morgan fingerprint density at radius 1 is 1.08 bits per heavy atom. The van der Waals surface area contributed by atoms with Gasteiger partial charge in [-0.05, 0) is 75.0 Å². The molecule has 2 aliphatic rings. The summed E-state index contributed by atoms with van der Waals surface area (Å²) in [5, 5.41) is 21.9. The summed E-state index contributed by atoms with van der Waals surface area (Å²) < 4.78 is 38.4. The molecular formula is C26H35F3N6O2S. The molecule has 0 spiro atoms. The molecule has 2 aliphatic heterocycles. The number of piperazine rings is 1. The predicted molar refractivity (Wildman–Crippen MR) is 145 cm³/mol. The molecule has 0 bridgehead atoms. The van der Waals surface area contributed by atoms with Crippen LogP contribution in [0.3, 0.4) is 0 Å². The Bertz CT molecular complexity index is 1070. The van der Waals surface area contributed by atoms with Crippen molar-refractivity contribution in [3.63, 3.8) is 0 Å². The molecule has 3 heterocycles. The summed E-state index contributed by atoms with van der Waals surface area (Å²) in [7, 11) is 0. The number of alkyl halides is 3. The fourth-order valence-electron chi connectivity index (χ4n) is 5.02. The average molecular weight is 553 g/mol. The molecule has 12 heteroatoms. The summed E-state index contributed by atoms with van der Waals surface area (Å²) in [6.07, 6.45) is 0.866. The number of anilines is 3. The molecule has 208 valence electrons. The molecule has 2 fully saturated rings. The minimum atomic E-state index is -4.31. The van der Waals surface area contributed by atoms with Crippen LogP contribution in [0.5, 0.6) is 0 Å². The van der Waals surface area contributed by atoms with Gasteiger partial charge in [-0.3, -0.25) is 15.3 Å². The monoisotopic (exact) mass is 552 g/mol. The minimum Gasteiger partial charge on any atom is -0.369 e. The lowest BCUT2D eigenvalue weighted by Crippen LogP contribution is -2.47. The maximum atomic E-state index is 12.8. The second-order valence-electron chi connectivity index (χ2n) is 9.92. The number of thiocarbonyl (C=S) groups is 1. The van der Waals surface area contributed by atoms with Gasteiger partial charge in [-0.1, -0.05) is 12.2 Å². The molecule has 1 aromatic carbocycles. The van der Waals surface area contributed by atoms with Crippen molar-refractivity contribution < 1.29 is 23.6 Å². The number of nitrogens with one attached hydrogen (secondary N) is 1. The highest BCUT2D eigenvalue weighted by Crippen LogP contribution is 2.30. The van der Waals surface area contributed by atoms with Crippen molar-refractivity contribution in [2.24, 2.45) is 0 Å². The summed E-state index contributed by atoms with van der Waals surface area (Å²) in [5.41, 5.74) is 1.18. The van der Waals surface area contributed by atoms with Gasteiger partial charge in [0.1, 0.15) is 11.5 Å². The highest BCUT2D eigenvalue weighted by Gasteiger charge is 2.30.